The maximum absolute atomic E-state index is 12.2. The minimum atomic E-state index is -0.262. The van der Waals surface area contributed by atoms with Gasteiger partial charge in [-0.2, -0.15) is 0 Å². The lowest BCUT2D eigenvalue weighted by atomic mass is 10.1. The predicted octanol–water partition coefficient (Wildman–Crippen LogP) is 3.91. The fraction of sp³-hybridized carbons (Fsp3) is 0.350. The van der Waals surface area contributed by atoms with Crippen LogP contribution in [0.5, 0.6) is 11.5 Å². The summed E-state index contributed by atoms with van der Waals surface area (Å²) in [5.41, 5.74) is 2.76. The fourth-order valence-electron chi connectivity index (χ4n) is 2.48. The highest BCUT2D eigenvalue weighted by Crippen LogP contribution is 2.30. The second kappa shape index (κ2) is 9.68. The summed E-state index contributed by atoms with van der Waals surface area (Å²) in [6, 6.07) is 12.8. The maximum Gasteiger partial charge on any atom is 0.319 e. The summed E-state index contributed by atoms with van der Waals surface area (Å²) in [7, 11) is 3.21. The third-order valence-electron chi connectivity index (χ3n) is 3.86. The highest BCUT2D eigenvalue weighted by Gasteiger charge is 2.13. The van der Waals surface area contributed by atoms with Crippen molar-refractivity contribution in [3.05, 3.63) is 53.6 Å². The largest absolute Gasteiger partial charge is 0.493 e. The van der Waals surface area contributed by atoms with Gasteiger partial charge in [-0.3, -0.25) is 0 Å². The zero-order chi connectivity index (χ0) is 18.9. The first-order valence-electron chi connectivity index (χ1n) is 8.47. The first kappa shape index (κ1) is 19.6. The number of nitrogens with one attached hydrogen (secondary N) is 2. The Kier molecular flexibility index (Phi) is 7.29. The van der Waals surface area contributed by atoms with Crippen LogP contribution < -0.4 is 20.1 Å². The highest BCUT2D eigenvalue weighted by molar-refractivity contribution is 5.89. The molecule has 2 N–H and O–H groups in total. The number of hydrogen-bond donors (Lipinski definition) is 2. The SMILES string of the molecule is COCCOc1ccc(C(C)NC(=O)Nc2cccc(C)c2)cc1OC. The van der Waals surface area contributed by atoms with Gasteiger partial charge < -0.3 is 24.8 Å². The van der Waals surface area contributed by atoms with Gasteiger partial charge in [0.15, 0.2) is 11.5 Å². The number of ether oxygens (including phenoxy) is 3. The molecule has 0 bridgehead atoms. The zero-order valence-corrected chi connectivity index (χ0v) is 15.7. The van der Waals surface area contributed by atoms with Crippen LogP contribution in [0.25, 0.3) is 0 Å². The van der Waals surface area contributed by atoms with Gasteiger partial charge >= 0.3 is 6.03 Å². The maximum atomic E-state index is 12.2. The molecule has 0 saturated carbocycles. The summed E-state index contributed by atoms with van der Waals surface area (Å²) >= 11 is 0. The monoisotopic (exact) mass is 358 g/mol. The van der Waals surface area contributed by atoms with Gasteiger partial charge in [0.2, 0.25) is 0 Å². The number of aryl methyl sites for hydroxylation is 1. The van der Waals surface area contributed by atoms with Crippen molar-refractivity contribution in [1.29, 1.82) is 0 Å². The summed E-state index contributed by atoms with van der Waals surface area (Å²) < 4.78 is 16.0. The van der Waals surface area contributed by atoms with Crippen LogP contribution in [0.4, 0.5) is 10.5 Å². The molecule has 2 aromatic carbocycles. The molecule has 1 unspecified atom stereocenters. The highest BCUT2D eigenvalue weighted by atomic mass is 16.5. The number of carbonyl (C=O) groups is 1. The molecule has 2 amide bonds. The van der Waals surface area contributed by atoms with Crippen LogP contribution in [-0.4, -0.2) is 33.5 Å². The van der Waals surface area contributed by atoms with Crippen molar-refractivity contribution in [2.24, 2.45) is 0 Å². The molecule has 0 spiro atoms. The Labute approximate surface area is 154 Å². The fourth-order valence-corrected chi connectivity index (χ4v) is 2.48. The van der Waals surface area contributed by atoms with E-state index in [1.807, 2.05) is 56.3 Å². The average Bonchev–Trinajstić information content (AvgIpc) is 2.62. The Morgan fingerprint density at radius 1 is 1.08 bits per heavy atom. The summed E-state index contributed by atoms with van der Waals surface area (Å²) in [5.74, 6) is 1.26. The number of methoxy groups -OCH3 is 2. The van der Waals surface area contributed by atoms with Crippen LogP contribution in [0.15, 0.2) is 42.5 Å². The lowest BCUT2D eigenvalue weighted by Gasteiger charge is -2.17. The van der Waals surface area contributed by atoms with E-state index in [2.05, 4.69) is 10.6 Å². The van der Waals surface area contributed by atoms with E-state index in [9.17, 15) is 4.79 Å². The standard InChI is InChI=1S/C20H26N2O4/c1-14-6-5-7-17(12-14)22-20(23)21-15(2)16-8-9-18(19(13-16)25-4)26-11-10-24-3/h5-9,12-13,15H,10-11H2,1-4H3,(H2,21,22,23). The van der Waals surface area contributed by atoms with Crippen molar-refractivity contribution in [3.8, 4) is 11.5 Å². The summed E-state index contributed by atoms with van der Waals surface area (Å²) in [6.45, 7) is 4.84. The quantitative estimate of drug-likeness (QED) is 0.702. The van der Waals surface area contributed by atoms with Gasteiger partial charge in [0.1, 0.15) is 6.61 Å². The van der Waals surface area contributed by atoms with Crippen LogP contribution >= 0.6 is 0 Å². The van der Waals surface area contributed by atoms with Crippen LogP contribution in [-0.2, 0) is 4.74 Å². The van der Waals surface area contributed by atoms with E-state index < -0.39 is 0 Å². The van der Waals surface area contributed by atoms with Crippen molar-refractivity contribution in [2.75, 3.05) is 32.8 Å². The van der Waals surface area contributed by atoms with Gasteiger partial charge in [-0.05, 0) is 49.2 Å². The normalized spacial score (nSPS) is 11.5. The van der Waals surface area contributed by atoms with E-state index in [1.54, 1.807) is 14.2 Å². The molecule has 6 nitrogen and oxygen atoms in total. The minimum absolute atomic E-state index is 0.193. The number of urea groups is 1. The van der Waals surface area contributed by atoms with Crippen LogP contribution in [0, 0.1) is 6.92 Å². The number of hydrogen-bond acceptors (Lipinski definition) is 4. The molecule has 0 radical (unpaired) electrons. The number of benzene rings is 2. The predicted molar refractivity (Wildman–Crippen MR) is 102 cm³/mol. The van der Waals surface area contributed by atoms with E-state index in [4.69, 9.17) is 14.2 Å². The van der Waals surface area contributed by atoms with E-state index in [0.717, 1.165) is 16.8 Å². The molecule has 0 fully saturated rings. The molecular formula is C20H26N2O4. The van der Waals surface area contributed by atoms with Crippen LogP contribution in [0.1, 0.15) is 24.1 Å². The van der Waals surface area contributed by atoms with E-state index >= 15 is 0 Å². The Hall–Kier alpha value is -2.73. The Morgan fingerprint density at radius 3 is 2.58 bits per heavy atom. The average molecular weight is 358 g/mol. The van der Waals surface area contributed by atoms with Crippen molar-refractivity contribution < 1.29 is 19.0 Å². The number of carbonyl (C=O) groups excluding carboxylic acids is 1. The molecule has 1 atom stereocenters. The Bertz CT molecular complexity index is 734. The molecule has 0 aliphatic rings. The van der Waals surface area contributed by atoms with Gasteiger partial charge in [0.05, 0.1) is 19.8 Å². The second-order valence-corrected chi connectivity index (χ2v) is 5.94. The van der Waals surface area contributed by atoms with Crippen molar-refractivity contribution >= 4 is 11.7 Å². The topological polar surface area (TPSA) is 68.8 Å². The molecule has 6 heteroatoms. The van der Waals surface area contributed by atoms with E-state index in [-0.39, 0.29) is 12.1 Å². The van der Waals surface area contributed by atoms with Gasteiger partial charge in [-0.1, -0.05) is 18.2 Å². The molecule has 0 aliphatic heterocycles. The first-order valence-corrected chi connectivity index (χ1v) is 8.47. The third-order valence-corrected chi connectivity index (χ3v) is 3.86. The van der Waals surface area contributed by atoms with Crippen LogP contribution in [0.3, 0.4) is 0 Å². The summed E-state index contributed by atoms with van der Waals surface area (Å²) in [6.07, 6.45) is 0. The van der Waals surface area contributed by atoms with E-state index in [0.29, 0.717) is 24.7 Å². The molecule has 2 aromatic rings. The zero-order valence-electron chi connectivity index (χ0n) is 15.7. The van der Waals surface area contributed by atoms with Gasteiger partial charge in [0, 0.05) is 12.8 Å². The Balaban J connectivity index is 1.99. The smallest absolute Gasteiger partial charge is 0.319 e. The second-order valence-electron chi connectivity index (χ2n) is 5.94. The molecule has 26 heavy (non-hydrogen) atoms. The number of anilines is 1. The molecule has 0 heterocycles. The van der Waals surface area contributed by atoms with Crippen molar-refractivity contribution in [1.82, 2.24) is 5.32 Å². The molecule has 2 rings (SSSR count). The molecular weight excluding hydrogens is 332 g/mol. The van der Waals surface area contributed by atoms with E-state index in [1.165, 1.54) is 0 Å². The molecule has 0 aromatic heterocycles. The molecule has 0 aliphatic carbocycles. The third kappa shape index (κ3) is 5.67. The van der Waals surface area contributed by atoms with Crippen molar-refractivity contribution in [2.45, 2.75) is 19.9 Å². The summed E-state index contributed by atoms with van der Waals surface area (Å²) in [5, 5.41) is 5.76. The lowest BCUT2D eigenvalue weighted by molar-refractivity contribution is 0.144. The number of amides is 2. The first-order chi connectivity index (χ1) is 12.5. The van der Waals surface area contributed by atoms with Crippen molar-refractivity contribution in [3.63, 3.8) is 0 Å². The van der Waals surface area contributed by atoms with Crippen LogP contribution in [0.2, 0.25) is 0 Å². The lowest BCUT2D eigenvalue weighted by Crippen LogP contribution is -2.31. The van der Waals surface area contributed by atoms with Gasteiger partial charge in [-0.15, -0.1) is 0 Å². The number of rotatable bonds is 8. The summed E-state index contributed by atoms with van der Waals surface area (Å²) in [4.78, 5) is 12.2. The molecule has 0 saturated heterocycles. The molecule has 140 valence electrons. The Morgan fingerprint density at radius 2 is 1.88 bits per heavy atom. The van der Waals surface area contributed by atoms with Gasteiger partial charge in [0.25, 0.3) is 0 Å². The van der Waals surface area contributed by atoms with Gasteiger partial charge in [-0.25, -0.2) is 4.79 Å². The minimum Gasteiger partial charge on any atom is -0.493 e.